The van der Waals surface area contributed by atoms with Gasteiger partial charge in [0.2, 0.25) is 11.8 Å². The number of halogens is 1. The van der Waals surface area contributed by atoms with Crippen molar-refractivity contribution in [2.45, 2.75) is 75.9 Å². The number of rotatable bonds is 4. The Morgan fingerprint density at radius 2 is 2.06 bits per heavy atom. The van der Waals surface area contributed by atoms with Gasteiger partial charge < -0.3 is 20.3 Å². The molecule has 8 unspecified atom stereocenters. The van der Waals surface area contributed by atoms with Crippen molar-refractivity contribution in [3.05, 3.63) is 0 Å². The van der Waals surface area contributed by atoms with Crippen LogP contribution in [-0.4, -0.2) is 85.0 Å². The Morgan fingerprint density at radius 3 is 2.84 bits per heavy atom. The Bertz CT molecular complexity index is 690. The van der Waals surface area contributed by atoms with Gasteiger partial charge in [-0.3, -0.25) is 9.59 Å². The molecule has 5 rings (SSSR count). The molecule has 5 aliphatic rings. The number of nitrogens with zero attached hydrogens (tertiary/aromatic N) is 2. The Hall–Kier alpha value is -1.29. The predicted molar refractivity (Wildman–Crippen MR) is 112 cm³/mol. The molecule has 8 atom stereocenters. The molecule has 3 N–H and O–H groups in total. The fourth-order valence-corrected chi connectivity index (χ4v) is 6.46. The predicted octanol–water partition coefficient (Wildman–Crippen LogP) is 0.391. The molecule has 0 radical (unpaired) electrons. The van der Waals surface area contributed by atoms with Crippen molar-refractivity contribution in [2.24, 2.45) is 17.8 Å². The van der Waals surface area contributed by atoms with E-state index in [1.54, 1.807) is 0 Å². The first-order chi connectivity index (χ1) is 15.0. The maximum Gasteiger partial charge on any atom is 0.239 e. The van der Waals surface area contributed by atoms with Gasteiger partial charge in [0.25, 0.3) is 0 Å². The van der Waals surface area contributed by atoms with Crippen molar-refractivity contribution in [1.82, 2.24) is 26.0 Å². The summed E-state index contributed by atoms with van der Waals surface area (Å²) in [5, 5.41) is 8.75. The molecule has 9 heteroatoms. The number of fused-ring (bicyclic) bond motifs is 2. The lowest BCUT2D eigenvalue weighted by Gasteiger charge is -2.38. The third kappa shape index (κ3) is 4.34. The van der Waals surface area contributed by atoms with Crippen LogP contribution in [0.3, 0.4) is 0 Å². The van der Waals surface area contributed by atoms with Gasteiger partial charge in [-0.25, -0.2) is 14.8 Å². The highest BCUT2D eigenvalue weighted by Crippen LogP contribution is 2.41. The topological polar surface area (TPSA) is 85.9 Å². The van der Waals surface area contributed by atoms with Crippen LogP contribution in [0.25, 0.3) is 0 Å². The number of carbonyl (C=O) groups excluding carboxylic acids is 2. The van der Waals surface area contributed by atoms with Crippen molar-refractivity contribution in [2.75, 3.05) is 32.8 Å². The van der Waals surface area contributed by atoms with Crippen molar-refractivity contribution >= 4 is 11.8 Å². The zero-order chi connectivity index (χ0) is 21.5. The molecular weight excluding hydrogens is 401 g/mol. The first kappa shape index (κ1) is 21.6. The van der Waals surface area contributed by atoms with E-state index in [4.69, 9.17) is 4.74 Å². The fourth-order valence-electron chi connectivity index (χ4n) is 6.46. The largest absolute Gasteiger partial charge is 0.381 e. The molecule has 0 aromatic carbocycles. The van der Waals surface area contributed by atoms with Crippen LogP contribution in [0.15, 0.2) is 0 Å². The van der Waals surface area contributed by atoms with E-state index in [0.29, 0.717) is 51.0 Å². The number of hydrogen-bond donors (Lipinski definition) is 3. The molecule has 31 heavy (non-hydrogen) atoms. The number of hydrazine groups is 1. The van der Waals surface area contributed by atoms with E-state index in [1.807, 2.05) is 4.90 Å². The van der Waals surface area contributed by atoms with Crippen molar-refractivity contribution in [3.8, 4) is 0 Å². The average Bonchev–Trinajstić information content (AvgIpc) is 3.50. The SMILES string of the molecule is CCC1CC(F)CC2NC(C(=O)N3CCN4NC(NC(=O)C5CCOC5)CC4C3)CC12. The summed E-state index contributed by atoms with van der Waals surface area (Å²) < 4.78 is 19.4. The van der Waals surface area contributed by atoms with Gasteiger partial charge in [-0.2, -0.15) is 0 Å². The van der Waals surface area contributed by atoms with Crippen molar-refractivity contribution in [1.29, 1.82) is 0 Å². The number of amides is 2. The summed E-state index contributed by atoms with van der Waals surface area (Å²) in [6, 6.07) is 0.148. The Balaban J connectivity index is 1.14. The zero-order valence-corrected chi connectivity index (χ0v) is 18.4. The van der Waals surface area contributed by atoms with E-state index in [0.717, 1.165) is 32.2 Å². The summed E-state index contributed by atoms with van der Waals surface area (Å²) in [6.07, 6.45) is 3.73. The van der Waals surface area contributed by atoms with Crippen LogP contribution in [0.1, 0.15) is 45.4 Å². The van der Waals surface area contributed by atoms with E-state index in [-0.39, 0.29) is 42.0 Å². The second kappa shape index (κ2) is 8.92. The molecule has 4 aliphatic heterocycles. The van der Waals surface area contributed by atoms with Crippen LogP contribution in [0, 0.1) is 17.8 Å². The summed E-state index contributed by atoms with van der Waals surface area (Å²) in [4.78, 5) is 27.7. The van der Waals surface area contributed by atoms with Gasteiger partial charge in [0.05, 0.1) is 24.7 Å². The van der Waals surface area contributed by atoms with Crippen LogP contribution >= 0.6 is 0 Å². The van der Waals surface area contributed by atoms with E-state index in [9.17, 15) is 14.0 Å². The van der Waals surface area contributed by atoms with Crippen LogP contribution < -0.4 is 16.1 Å². The maximum absolute atomic E-state index is 14.1. The van der Waals surface area contributed by atoms with E-state index >= 15 is 0 Å². The normalized spacial score (nSPS) is 43.0. The molecule has 1 aliphatic carbocycles. The lowest BCUT2D eigenvalue weighted by atomic mass is 9.74. The van der Waals surface area contributed by atoms with Gasteiger partial charge in [-0.1, -0.05) is 13.3 Å². The summed E-state index contributed by atoms with van der Waals surface area (Å²) in [5.41, 5.74) is 3.40. The summed E-state index contributed by atoms with van der Waals surface area (Å²) in [6.45, 7) is 5.39. The Morgan fingerprint density at radius 1 is 1.19 bits per heavy atom. The molecule has 0 aromatic heterocycles. The number of ether oxygens (including phenoxy) is 1. The first-order valence-electron chi connectivity index (χ1n) is 12.1. The van der Waals surface area contributed by atoms with Crippen LogP contribution in [0.4, 0.5) is 4.39 Å². The number of carbonyl (C=O) groups is 2. The summed E-state index contributed by atoms with van der Waals surface area (Å²) >= 11 is 0. The monoisotopic (exact) mass is 437 g/mol. The molecule has 0 bridgehead atoms. The molecule has 5 fully saturated rings. The number of alkyl halides is 1. The van der Waals surface area contributed by atoms with Gasteiger partial charge in [0.15, 0.2) is 0 Å². The van der Waals surface area contributed by atoms with Gasteiger partial charge in [0, 0.05) is 44.7 Å². The summed E-state index contributed by atoms with van der Waals surface area (Å²) in [7, 11) is 0. The Kier molecular flexibility index (Phi) is 6.20. The standard InChI is InChI=1S/C22H36FN5O3/c1-2-13-7-15(23)8-18-17(13)10-19(24-18)22(30)27-4-5-28-16(11-27)9-20(26-28)25-21(29)14-3-6-31-12-14/h13-20,24,26H,2-12H2,1H3,(H,25,29). The molecule has 1 saturated carbocycles. The number of piperazine rings is 1. The van der Waals surface area contributed by atoms with E-state index in [1.165, 1.54) is 0 Å². The van der Waals surface area contributed by atoms with Crippen LogP contribution in [0.2, 0.25) is 0 Å². The smallest absolute Gasteiger partial charge is 0.239 e. The van der Waals surface area contributed by atoms with Crippen molar-refractivity contribution in [3.63, 3.8) is 0 Å². The average molecular weight is 438 g/mol. The van der Waals surface area contributed by atoms with Gasteiger partial charge >= 0.3 is 0 Å². The second-order valence-corrected chi connectivity index (χ2v) is 10.1. The molecule has 174 valence electrons. The molecule has 0 aromatic rings. The fraction of sp³-hybridized carbons (Fsp3) is 0.909. The van der Waals surface area contributed by atoms with Gasteiger partial charge in [-0.15, -0.1) is 0 Å². The maximum atomic E-state index is 14.1. The quantitative estimate of drug-likeness (QED) is 0.590. The molecule has 0 spiro atoms. The van der Waals surface area contributed by atoms with Gasteiger partial charge in [-0.05, 0) is 37.5 Å². The first-order valence-corrected chi connectivity index (χ1v) is 12.1. The Labute approximate surface area is 183 Å². The minimum absolute atomic E-state index is 0.0506. The highest BCUT2D eigenvalue weighted by molar-refractivity contribution is 5.82. The van der Waals surface area contributed by atoms with Gasteiger partial charge in [0.1, 0.15) is 6.17 Å². The lowest BCUT2D eigenvalue weighted by Crippen LogP contribution is -2.58. The van der Waals surface area contributed by atoms with Crippen LogP contribution in [-0.2, 0) is 14.3 Å². The number of hydrogen-bond acceptors (Lipinski definition) is 6. The third-order valence-electron chi connectivity index (χ3n) is 8.18. The minimum atomic E-state index is -0.747. The second-order valence-electron chi connectivity index (χ2n) is 10.1. The highest BCUT2D eigenvalue weighted by atomic mass is 19.1. The zero-order valence-electron chi connectivity index (χ0n) is 18.4. The molecule has 8 nitrogen and oxygen atoms in total. The molecule has 2 amide bonds. The van der Waals surface area contributed by atoms with E-state index in [2.05, 4.69) is 28.0 Å². The minimum Gasteiger partial charge on any atom is -0.381 e. The lowest BCUT2D eigenvalue weighted by molar-refractivity contribution is -0.136. The molecule has 4 heterocycles. The number of nitrogens with one attached hydrogen (secondary N) is 3. The van der Waals surface area contributed by atoms with Crippen molar-refractivity contribution < 1.29 is 18.7 Å². The van der Waals surface area contributed by atoms with Crippen LogP contribution in [0.5, 0.6) is 0 Å². The molecular formula is C22H36FN5O3. The molecule has 4 saturated heterocycles. The third-order valence-corrected chi connectivity index (χ3v) is 8.18. The summed E-state index contributed by atoms with van der Waals surface area (Å²) in [5.74, 6) is 0.960. The van der Waals surface area contributed by atoms with E-state index < -0.39 is 6.17 Å². The highest BCUT2D eigenvalue weighted by Gasteiger charge is 2.47.